The monoisotopic (exact) mass is 353 g/mol. The lowest BCUT2D eigenvalue weighted by molar-refractivity contribution is 0.251. The first-order valence-corrected chi connectivity index (χ1v) is 8.22. The SMILES string of the molecule is CCc1ccc(NC(=O)NCCn2nc(-n3cncn3)ccc2=O)cc1. The van der Waals surface area contributed by atoms with E-state index in [0.717, 1.165) is 6.42 Å². The average molecular weight is 353 g/mol. The number of amides is 2. The molecule has 0 saturated carbocycles. The van der Waals surface area contributed by atoms with Gasteiger partial charge in [-0.1, -0.05) is 19.1 Å². The summed E-state index contributed by atoms with van der Waals surface area (Å²) in [6, 6.07) is 10.3. The Morgan fingerprint density at radius 1 is 1.15 bits per heavy atom. The fraction of sp³-hybridized carbons (Fsp3) is 0.235. The number of rotatable bonds is 6. The summed E-state index contributed by atoms with van der Waals surface area (Å²) in [5, 5.41) is 13.6. The number of nitrogens with one attached hydrogen (secondary N) is 2. The first kappa shape index (κ1) is 17.3. The van der Waals surface area contributed by atoms with E-state index in [4.69, 9.17) is 0 Å². The maximum atomic E-state index is 11.9. The number of carbonyl (C=O) groups is 1. The smallest absolute Gasteiger partial charge is 0.319 e. The molecule has 2 N–H and O–H groups in total. The third-order valence-electron chi connectivity index (χ3n) is 3.74. The molecule has 0 radical (unpaired) electrons. The van der Waals surface area contributed by atoms with Crippen molar-refractivity contribution in [1.29, 1.82) is 0 Å². The van der Waals surface area contributed by atoms with Crippen LogP contribution in [0.15, 0.2) is 53.8 Å². The van der Waals surface area contributed by atoms with Gasteiger partial charge in [-0.25, -0.2) is 19.1 Å². The summed E-state index contributed by atoms with van der Waals surface area (Å²) in [6.07, 6.45) is 3.82. The van der Waals surface area contributed by atoms with E-state index < -0.39 is 0 Å². The van der Waals surface area contributed by atoms with E-state index in [2.05, 4.69) is 32.7 Å². The van der Waals surface area contributed by atoms with Crippen LogP contribution in [-0.4, -0.2) is 37.1 Å². The molecular formula is C17H19N7O2. The minimum Gasteiger partial charge on any atom is -0.336 e. The second-order valence-electron chi connectivity index (χ2n) is 5.52. The van der Waals surface area contributed by atoms with Crippen LogP contribution in [0, 0.1) is 0 Å². The van der Waals surface area contributed by atoms with Gasteiger partial charge in [-0.2, -0.15) is 5.10 Å². The summed E-state index contributed by atoms with van der Waals surface area (Å²) in [5.74, 6) is 0.475. The lowest BCUT2D eigenvalue weighted by atomic mass is 10.1. The molecule has 2 amide bonds. The number of benzene rings is 1. The first-order chi connectivity index (χ1) is 12.7. The quantitative estimate of drug-likeness (QED) is 0.693. The van der Waals surface area contributed by atoms with Gasteiger partial charge in [0.2, 0.25) is 0 Å². The summed E-state index contributed by atoms with van der Waals surface area (Å²) in [4.78, 5) is 27.7. The Labute approximate surface area is 149 Å². The highest BCUT2D eigenvalue weighted by Crippen LogP contribution is 2.09. The Balaban J connectivity index is 1.54. The van der Waals surface area contributed by atoms with Gasteiger partial charge in [-0.3, -0.25) is 4.79 Å². The number of aryl methyl sites for hydroxylation is 1. The van der Waals surface area contributed by atoms with E-state index in [1.807, 2.05) is 24.3 Å². The normalized spacial score (nSPS) is 10.5. The number of hydrogen-bond donors (Lipinski definition) is 2. The van der Waals surface area contributed by atoms with E-state index in [9.17, 15) is 9.59 Å². The molecule has 0 unspecified atom stereocenters. The van der Waals surface area contributed by atoms with Gasteiger partial charge in [0.15, 0.2) is 5.82 Å². The molecule has 0 saturated heterocycles. The summed E-state index contributed by atoms with van der Waals surface area (Å²) in [6.45, 7) is 2.57. The number of hydrogen-bond acceptors (Lipinski definition) is 5. The highest BCUT2D eigenvalue weighted by atomic mass is 16.2. The summed E-state index contributed by atoms with van der Waals surface area (Å²) in [5.41, 5.74) is 1.66. The van der Waals surface area contributed by atoms with Crippen LogP contribution in [-0.2, 0) is 13.0 Å². The summed E-state index contributed by atoms with van der Waals surface area (Å²) >= 11 is 0. The third-order valence-corrected chi connectivity index (χ3v) is 3.74. The lowest BCUT2D eigenvalue weighted by Crippen LogP contribution is -2.34. The predicted octanol–water partition coefficient (Wildman–Crippen LogP) is 1.21. The van der Waals surface area contributed by atoms with Gasteiger partial charge in [-0.05, 0) is 30.2 Å². The Hall–Kier alpha value is -3.49. The third kappa shape index (κ3) is 4.32. The molecule has 1 aromatic carbocycles. The Morgan fingerprint density at radius 2 is 1.96 bits per heavy atom. The number of aromatic nitrogens is 5. The van der Waals surface area contributed by atoms with Crippen LogP contribution >= 0.6 is 0 Å². The van der Waals surface area contributed by atoms with Gasteiger partial charge in [0, 0.05) is 18.3 Å². The van der Waals surface area contributed by atoms with E-state index in [1.165, 1.54) is 33.6 Å². The molecule has 9 nitrogen and oxygen atoms in total. The summed E-state index contributed by atoms with van der Waals surface area (Å²) < 4.78 is 2.73. The molecule has 26 heavy (non-hydrogen) atoms. The number of urea groups is 1. The minimum absolute atomic E-state index is 0.240. The van der Waals surface area contributed by atoms with Gasteiger partial charge in [0.05, 0.1) is 6.54 Å². The Kier molecular flexibility index (Phi) is 5.37. The van der Waals surface area contributed by atoms with Crippen LogP contribution in [0.4, 0.5) is 10.5 Å². The Bertz CT molecular complexity index is 917. The van der Waals surface area contributed by atoms with Crippen molar-refractivity contribution in [2.45, 2.75) is 19.9 Å². The van der Waals surface area contributed by atoms with E-state index >= 15 is 0 Å². The molecule has 3 aromatic rings. The number of anilines is 1. The fourth-order valence-electron chi connectivity index (χ4n) is 2.32. The van der Waals surface area contributed by atoms with Gasteiger partial charge >= 0.3 is 6.03 Å². The zero-order chi connectivity index (χ0) is 18.4. The van der Waals surface area contributed by atoms with Crippen LogP contribution in [0.25, 0.3) is 5.82 Å². The first-order valence-electron chi connectivity index (χ1n) is 8.22. The molecule has 0 aliphatic rings. The van der Waals surface area contributed by atoms with Crippen molar-refractivity contribution in [2.24, 2.45) is 0 Å². The molecule has 2 heterocycles. The largest absolute Gasteiger partial charge is 0.336 e. The highest BCUT2D eigenvalue weighted by molar-refractivity contribution is 5.89. The second kappa shape index (κ2) is 8.06. The molecule has 2 aromatic heterocycles. The van der Waals surface area contributed by atoms with Crippen molar-refractivity contribution < 1.29 is 4.79 Å². The van der Waals surface area contributed by atoms with Gasteiger partial charge in [-0.15, -0.1) is 5.10 Å². The maximum absolute atomic E-state index is 11.9. The van der Waals surface area contributed by atoms with Crippen molar-refractivity contribution in [3.63, 3.8) is 0 Å². The van der Waals surface area contributed by atoms with Crippen LogP contribution in [0.5, 0.6) is 0 Å². The fourth-order valence-corrected chi connectivity index (χ4v) is 2.32. The standard InChI is InChI=1S/C17H19N7O2/c1-2-13-3-5-14(6-4-13)21-17(26)19-9-10-23-16(25)8-7-15(22-23)24-12-18-11-20-24/h3-8,11-12H,2,9-10H2,1H3,(H2,19,21,26). The molecule has 0 fully saturated rings. The summed E-state index contributed by atoms with van der Waals surface area (Å²) in [7, 11) is 0. The van der Waals surface area contributed by atoms with Crippen molar-refractivity contribution >= 4 is 11.7 Å². The van der Waals surface area contributed by atoms with Crippen molar-refractivity contribution in [2.75, 3.05) is 11.9 Å². The topological polar surface area (TPSA) is 107 Å². The zero-order valence-electron chi connectivity index (χ0n) is 14.3. The van der Waals surface area contributed by atoms with Gasteiger partial charge in [0.25, 0.3) is 5.56 Å². The molecule has 0 aliphatic heterocycles. The minimum atomic E-state index is -0.338. The predicted molar refractivity (Wildman–Crippen MR) is 96.3 cm³/mol. The second-order valence-corrected chi connectivity index (χ2v) is 5.52. The van der Waals surface area contributed by atoms with Crippen molar-refractivity contribution in [3.05, 3.63) is 65.0 Å². The molecular weight excluding hydrogens is 334 g/mol. The molecule has 0 bridgehead atoms. The van der Waals surface area contributed by atoms with E-state index in [1.54, 1.807) is 6.07 Å². The molecule has 9 heteroatoms. The zero-order valence-corrected chi connectivity index (χ0v) is 14.3. The lowest BCUT2D eigenvalue weighted by Gasteiger charge is -2.09. The van der Waals surface area contributed by atoms with E-state index in [0.29, 0.717) is 11.5 Å². The number of nitrogens with zero attached hydrogens (tertiary/aromatic N) is 5. The highest BCUT2D eigenvalue weighted by Gasteiger charge is 2.05. The van der Waals surface area contributed by atoms with Gasteiger partial charge in [0.1, 0.15) is 12.7 Å². The van der Waals surface area contributed by atoms with Crippen molar-refractivity contribution in [1.82, 2.24) is 29.9 Å². The van der Waals surface area contributed by atoms with Crippen LogP contribution in [0.2, 0.25) is 0 Å². The van der Waals surface area contributed by atoms with Crippen LogP contribution in [0.1, 0.15) is 12.5 Å². The van der Waals surface area contributed by atoms with Crippen molar-refractivity contribution in [3.8, 4) is 5.82 Å². The number of carbonyl (C=O) groups excluding carboxylic acids is 1. The molecule has 0 aliphatic carbocycles. The van der Waals surface area contributed by atoms with Gasteiger partial charge < -0.3 is 10.6 Å². The average Bonchev–Trinajstić information content (AvgIpc) is 3.18. The maximum Gasteiger partial charge on any atom is 0.319 e. The molecule has 0 spiro atoms. The molecule has 134 valence electrons. The van der Waals surface area contributed by atoms with Crippen LogP contribution < -0.4 is 16.2 Å². The van der Waals surface area contributed by atoms with E-state index in [-0.39, 0.29) is 24.7 Å². The van der Waals surface area contributed by atoms with Crippen LogP contribution in [0.3, 0.4) is 0 Å². The Morgan fingerprint density at radius 3 is 2.65 bits per heavy atom. The molecule has 3 rings (SSSR count). The molecule has 0 atom stereocenters.